The van der Waals surface area contributed by atoms with E-state index in [-0.39, 0.29) is 48.8 Å². The maximum absolute atomic E-state index is 14.9. The van der Waals surface area contributed by atoms with Crippen LogP contribution < -0.4 is 5.32 Å². The zero-order chi connectivity index (χ0) is 32.3. The van der Waals surface area contributed by atoms with Crippen LogP contribution in [0.2, 0.25) is 5.02 Å². The fourth-order valence-electron chi connectivity index (χ4n) is 6.57. The highest BCUT2D eigenvalue weighted by Crippen LogP contribution is 2.42. The number of piperidine rings is 1. The molecule has 15 heteroatoms. The van der Waals surface area contributed by atoms with Gasteiger partial charge < -0.3 is 19.5 Å². The van der Waals surface area contributed by atoms with Crippen molar-refractivity contribution in [2.45, 2.75) is 50.0 Å². The Morgan fingerprint density at radius 3 is 2.63 bits per heavy atom. The van der Waals surface area contributed by atoms with Crippen molar-refractivity contribution in [2.24, 2.45) is 0 Å². The molecule has 0 radical (unpaired) electrons. The predicted molar refractivity (Wildman–Crippen MR) is 163 cm³/mol. The number of likely N-dealkylation sites (tertiary alicyclic amines) is 1. The molecule has 3 aliphatic heterocycles. The molecule has 0 aliphatic carbocycles. The first-order valence-electron chi connectivity index (χ1n) is 14.5. The summed E-state index contributed by atoms with van der Waals surface area (Å²) < 4.78 is 45.7. The number of benzene rings is 2. The van der Waals surface area contributed by atoms with Gasteiger partial charge in [-0.05, 0) is 35.2 Å². The lowest BCUT2D eigenvalue weighted by Crippen LogP contribution is -2.49. The molecule has 238 valence electrons. The van der Waals surface area contributed by atoms with E-state index in [1.165, 1.54) is 28.8 Å². The van der Waals surface area contributed by atoms with Crippen molar-refractivity contribution in [1.82, 2.24) is 24.3 Å². The van der Waals surface area contributed by atoms with Crippen LogP contribution in [0.5, 0.6) is 0 Å². The third-order valence-electron chi connectivity index (χ3n) is 8.80. The van der Waals surface area contributed by atoms with Crippen molar-refractivity contribution in [3.63, 3.8) is 0 Å². The fourth-order valence-corrected chi connectivity index (χ4v) is 7.38. The van der Waals surface area contributed by atoms with Crippen LogP contribution in [-0.2, 0) is 24.3 Å². The summed E-state index contributed by atoms with van der Waals surface area (Å²) in [4.78, 5) is 49.5. The van der Waals surface area contributed by atoms with Gasteiger partial charge in [0.1, 0.15) is 6.17 Å². The van der Waals surface area contributed by atoms with Gasteiger partial charge in [0.25, 0.3) is 17.7 Å². The number of alkyl halides is 3. The Morgan fingerprint density at radius 2 is 1.93 bits per heavy atom. The zero-order valence-electron chi connectivity index (χ0n) is 24.0. The smallest absolute Gasteiger partial charge is 0.407 e. The molecule has 7 rings (SSSR count). The SMILES string of the molecule is O=C(Nc1nccs1)C(c1ncn2c1C[C@@H](F)C2)N1Cc2c(Cl)cc(-c3ccc(C4CCN(C(=O)O)CC4(F)F)cc3)cc2C1=O. The number of carbonyl (C=O) groups excluding carboxylic acids is 2. The van der Waals surface area contributed by atoms with E-state index in [1.54, 1.807) is 46.3 Å². The minimum absolute atomic E-state index is 0.00926. The lowest BCUT2D eigenvalue weighted by atomic mass is 9.85. The van der Waals surface area contributed by atoms with Crippen LogP contribution in [-0.4, -0.2) is 72.5 Å². The monoisotopic (exact) mass is 670 g/mol. The Hall–Kier alpha value is -4.43. The third kappa shape index (κ3) is 5.28. The average molecular weight is 671 g/mol. The highest BCUT2D eigenvalue weighted by molar-refractivity contribution is 7.13. The van der Waals surface area contributed by atoms with Gasteiger partial charge in [0.2, 0.25) is 0 Å². The number of hydrogen-bond donors (Lipinski definition) is 2. The Bertz CT molecular complexity index is 1850. The van der Waals surface area contributed by atoms with Gasteiger partial charge in [-0.3, -0.25) is 14.9 Å². The Kier molecular flexibility index (Phi) is 7.51. The number of carbonyl (C=O) groups is 3. The van der Waals surface area contributed by atoms with Crippen molar-refractivity contribution in [1.29, 1.82) is 0 Å². The summed E-state index contributed by atoms with van der Waals surface area (Å²) in [5.74, 6) is -5.37. The number of fused-ring (bicyclic) bond motifs is 2. The van der Waals surface area contributed by atoms with E-state index in [0.717, 1.165) is 4.90 Å². The van der Waals surface area contributed by atoms with Crippen molar-refractivity contribution in [3.8, 4) is 11.1 Å². The zero-order valence-corrected chi connectivity index (χ0v) is 25.6. The molecular weight excluding hydrogens is 645 g/mol. The van der Waals surface area contributed by atoms with Crippen LogP contribution in [0.3, 0.4) is 0 Å². The molecule has 10 nitrogen and oxygen atoms in total. The predicted octanol–water partition coefficient (Wildman–Crippen LogP) is 5.99. The van der Waals surface area contributed by atoms with Crippen molar-refractivity contribution < 1.29 is 32.7 Å². The van der Waals surface area contributed by atoms with E-state index in [4.69, 9.17) is 16.7 Å². The number of nitrogens with one attached hydrogen (secondary N) is 1. The Balaban J connectivity index is 1.17. The first-order chi connectivity index (χ1) is 22.0. The first-order valence-corrected chi connectivity index (χ1v) is 15.7. The van der Waals surface area contributed by atoms with Gasteiger partial charge in [-0.1, -0.05) is 35.9 Å². The average Bonchev–Trinajstić information content (AvgIpc) is 3.80. The maximum atomic E-state index is 14.9. The van der Waals surface area contributed by atoms with E-state index < -0.39 is 48.5 Å². The van der Waals surface area contributed by atoms with Crippen LogP contribution in [0.15, 0.2) is 54.3 Å². The topological polar surface area (TPSA) is 121 Å². The van der Waals surface area contributed by atoms with E-state index in [1.807, 2.05) is 0 Å². The summed E-state index contributed by atoms with van der Waals surface area (Å²) in [6, 6.07) is 8.64. The normalized spacial score (nSPS) is 20.8. The molecule has 3 atom stereocenters. The number of nitrogens with zero attached hydrogens (tertiary/aromatic N) is 5. The standard InChI is InChI=1S/C31H26ClF3N6O4S/c32-23-10-18(16-1-3-17(4-2-16)22-5-7-39(30(44)45)14-31(22,34)35)9-20-21(23)13-41(28(20)43)26(27(42)38-29-36-6-8-46-29)25-24-11-19(33)12-40(24)15-37-25/h1-4,6,8-10,15,19,22,26H,5,7,11-14H2,(H,44,45)(H,36,38,42)/t19-,22?,26?/m1/s1. The summed E-state index contributed by atoms with van der Waals surface area (Å²) in [6.45, 7) is -0.732. The van der Waals surface area contributed by atoms with Gasteiger partial charge in [-0.2, -0.15) is 0 Å². The van der Waals surface area contributed by atoms with Crippen LogP contribution in [0, 0.1) is 0 Å². The molecule has 1 saturated heterocycles. The molecule has 0 saturated carbocycles. The molecule has 4 aromatic rings. The number of hydrogen-bond acceptors (Lipinski definition) is 6. The second kappa shape index (κ2) is 11.4. The van der Waals surface area contributed by atoms with Gasteiger partial charge >= 0.3 is 6.09 Å². The van der Waals surface area contributed by atoms with Crippen LogP contribution in [0.4, 0.5) is 23.1 Å². The molecule has 5 heterocycles. The second-order valence-electron chi connectivity index (χ2n) is 11.6. The highest BCUT2D eigenvalue weighted by Gasteiger charge is 2.47. The van der Waals surface area contributed by atoms with E-state index in [0.29, 0.717) is 33.1 Å². The molecule has 0 spiro atoms. The van der Waals surface area contributed by atoms with Crippen LogP contribution in [0.25, 0.3) is 11.1 Å². The summed E-state index contributed by atoms with van der Waals surface area (Å²) in [5, 5.41) is 14.2. The summed E-state index contributed by atoms with van der Waals surface area (Å²) in [5.41, 5.74) is 3.21. The van der Waals surface area contributed by atoms with Gasteiger partial charge in [-0.25, -0.2) is 27.9 Å². The highest BCUT2D eigenvalue weighted by atomic mass is 35.5. The largest absolute Gasteiger partial charge is 0.465 e. The number of halogens is 4. The third-order valence-corrected chi connectivity index (χ3v) is 9.83. The molecular formula is C31H26ClF3N6O4S. The quantitative estimate of drug-likeness (QED) is 0.260. The molecule has 1 fully saturated rings. The number of amides is 3. The number of imidazole rings is 1. The Morgan fingerprint density at radius 1 is 1.15 bits per heavy atom. The summed E-state index contributed by atoms with van der Waals surface area (Å²) in [6.07, 6.45) is 0.562. The molecule has 46 heavy (non-hydrogen) atoms. The van der Waals surface area contributed by atoms with Crippen LogP contribution in [0.1, 0.15) is 51.3 Å². The Labute approximate surface area is 269 Å². The second-order valence-corrected chi connectivity index (χ2v) is 12.9. The number of carboxylic acid groups (broad SMARTS) is 1. The molecule has 3 amide bonds. The molecule has 2 unspecified atom stereocenters. The molecule has 3 aliphatic rings. The van der Waals surface area contributed by atoms with Gasteiger partial charge in [0.05, 0.1) is 31.0 Å². The van der Waals surface area contributed by atoms with Crippen LogP contribution >= 0.6 is 22.9 Å². The molecule has 2 aromatic carbocycles. The minimum Gasteiger partial charge on any atom is -0.465 e. The first kappa shape index (κ1) is 30.2. The van der Waals surface area contributed by atoms with Gasteiger partial charge in [0, 0.05) is 52.9 Å². The lowest BCUT2D eigenvalue weighted by molar-refractivity contribution is -0.121. The summed E-state index contributed by atoms with van der Waals surface area (Å²) >= 11 is 7.93. The van der Waals surface area contributed by atoms with Crippen molar-refractivity contribution >= 4 is 46.0 Å². The molecule has 2 aromatic heterocycles. The van der Waals surface area contributed by atoms with Crippen molar-refractivity contribution in [2.75, 3.05) is 18.4 Å². The van der Waals surface area contributed by atoms with Gasteiger partial charge in [-0.15, -0.1) is 11.3 Å². The summed E-state index contributed by atoms with van der Waals surface area (Å²) in [7, 11) is 0. The number of rotatable bonds is 6. The molecule has 0 bridgehead atoms. The fraction of sp³-hybridized carbons (Fsp3) is 0.323. The van der Waals surface area contributed by atoms with Gasteiger partial charge in [0.15, 0.2) is 11.2 Å². The number of aromatic nitrogens is 3. The minimum atomic E-state index is -3.23. The maximum Gasteiger partial charge on any atom is 0.407 e. The van der Waals surface area contributed by atoms with Crippen molar-refractivity contribution in [3.05, 3.63) is 87.4 Å². The van der Waals surface area contributed by atoms with E-state index in [2.05, 4.69) is 15.3 Å². The van der Waals surface area contributed by atoms with E-state index in [9.17, 15) is 27.6 Å². The van der Waals surface area contributed by atoms with E-state index >= 15 is 0 Å². The molecule has 2 N–H and O–H groups in total. The lowest BCUT2D eigenvalue weighted by Gasteiger charge is -2.37. The number of anilines is 1. The number of thiazole rings is 1.